The van der Waals surface area contributed by atoms with Crippen molar-refractivity contribution in [2.45, 2.75) is 0 Å². The van der Waals surface area contributed by atoms with E-state index in [-0.39, 0.29) is 5.82 Å². The van der Waals surface area contributed by atoms with Gasteiger partial charge in [0.15, 0.2) is 11.6 Å². The van der Waals surface area contributed by atoms with Gasteiger partial charge in [0.2, 0.25) is 0 Å². The summed E-state index contributed by atoms with van der Waals surface area (Å²) in [6, 6.07) is 10.0. The van der Waals surface area contributed by atoms with Crippen LogP contribution in [0.5, 0.6) is 5.75 Å². The van der Waals surface area contributed by atoms with Crippen LogP contribution in [0, 0.1) is 5.82 Å². The van der Waals surface area contributed by atoms with E-state index in [0.717, 1.165) is 11.1 Å². The Kier molecular flexibility index (Phi) is 3.78. The Balaban J connectivity index is 1.95. The minimum Gasteiger partial charge on any atom is -0.487 e. The third kappa shape index (κ3) is 2.67. The molecule has 6 heteroatoms. The molecule has 120 valence electrons. The van der Waals surface area contributed by atoms with Gasteiger partial charge < -0.3 is 10.1 Å². The van der Waals surface area contributed by atoms with Crippen LogP contribution in [0.3, 0.4) is 0 Å². The lowest BCUT2D eigenvalue weighted by Gasteiger charge is -2.22. The lowest BCUT2D eigenvalue weighted by molar-refractivity contribution is 0.323. The fourth-order valence-electron chi connectivity index (χ4n) is 2.70. The molecular formula is C18H13ClFN3O. The molecule has 1 aromatic carbocycles. The van der Waals surface area contributed by atoms with Gasteiger partial charge in [-0.25, -0.2) is 9.37 Å². The summed E-state index contributed by atoms with van der Waals surface area (Å²) in [5.74, 6) is 0.896. The summed E-state index contributed by atoms with van der Waals surface area (Å²) >= 11 is 6.02. The number of halogens is 2. The molecule has 3 heterocycles. The zero-order chi connectivity index (χ0) is 16.5. The fraction of sp³-hybridized carbons (Fsp3) is 0.111. The van der Waals surface area contributed by atoms with Gasteiger partial charge in [-0.1, -0.05) is 11.6 Å². The first-order valence-corrected chi connectivity index (χ1v) is 7.88. The molecule has 0 unspecified atom stereocenters. The lowest BCUT2D eigenvalue weighted by atomic mass is 10.0. The Morgan fingerprint density at radius 2 is 1.92 bits per heavy atom. The third-order valence-corrected chi connectivity index (χ3v) is 4.04. The number of pyridine rings is 2. The topological polar surface area (TPSA) is 47.0 Å². The van der Waals surface area contributed by atoms with Crippen molar-refractivity contribution in [1.29, 1.82) is 0 Å². The first-order valence-electron chi connectivity index (χ1n) is 7.50. The van der Waals surface area contributed by atoms with Crippen LogP contribution in [0.1, 0.15) is 0 Å². The van der Waals surface area contributed by atoms with Gasteiger partial charge in [0, 0.05) is 28.5 Å². The normalized spacial score (nSPS) is 12.9. The highest BCUT2D eigenvalue weighted by Gasteiger charge is 2.20. The molecule has 24 heavy (non-hydrogen) atoms. The van der Waals surface area contributed by atoms with Crippen LogP contribution in [0.25, 0.3) is 22.4 Å². The van der Waals surface area contributed by atoms with E-state index in [9.17, 15) is 4.39 Å². The highest BCUT2D eigenvalue weighted by Crippen LogP contribution is 2.40. The van der Waals surface area contributed by atoms with Gasteiger partial charge in [0.05, 0.1) is 12.2 Å². The number of nitrogens with zero attached hydrogens (tertiary/aromatic N) is 2. The molecule has 0 spiro atoms. The molecule has 4 rings (SSSR count). The van der Waals surface area contributed by atoms with Gasteiger partial charge in [-0.15, -0.1) is 0 Å². The monoisotopic (exact) mass is 341 g/mol. The summed E-state index contributed by atoms with van der Waals surface area (Å²) in [7, 11) is 0. The predicted molar refractivity (Wildman–Crippen MR) is 91.9 cm³/mol. The molecule has 4 nitrogen and oxygen atoms in total. The van der Waals surface area contributed by atoms with Gasteiger partial charge in [-0.2, -0.15) is 0 Å². The summed E-state index contributed by atoms with van der Waals surface area (Å²) in [6.07, 6.45) is 3.41. The highest BCUT2D eigenvalue weighted by molar-refractivity contribution is 6.30. The van der Waals surface area contributed by atoms with E-state index in [1.54, 1.807) is 18.5 Å². The van der Waals surface area contributed by atoms with Crippen LogP contribution in [-0.2, 0) is 0 Å². The van der Waals surface area contributed by atoms with Crippen molar-refractivity contribution >= 4 is 17.4 Å². The largest absolute Gasteiger partial charge is 0.487 e. The number of hydrogen-bond donors (Lipinski definition) is 1. The van der Waals surface area contributed by atoms with Crippen LogP contribution < -0.4 is 10.1 Å². The molecule has 3 aromatic rings. The van der Waals surface area contributed by atoms with Gasteiger partial charge in [0.1, 0.15) is 12.4 Å². The Hall–Kier alpha value is -2.66. The molecule has 1 aliphatic heterocycles. The molecule has 1 N–H and O–H groups in total. The minimum atomic E-state index is -0.371. The molecule has 0 fully saturated rings. The molecular weight excluding hydrogens is 329 g/mol. The Morgan fingerprint density at radius 1 is 1.08 bits per heavy atom. The van der Waals surface area contributed by atoms with E-state index < -0.39 is 0 Å². The number of anilines is 1. The van der Waals surface area contributed by atoms with Gasteiger partial charge in [-0.3, -0.25) is 4.98 Å². The maximum Gasteiger partial charge on any atom is 0.170 e. The van der Waals surface area contributed by atoms with Crippen molar-refractivity contribution in [2.24, 2.45) is 0 Å². The maximum absolute atomic E-state index is 14.3. The zero-order valence-electron chi connectivity index (χ0n) is 12.6. The summed E-state index contributed by atoms with van der Waals surface area (Å²) in [4.78, 5) is 8.56. The molecule has 0 radical (unpaired) electrons. The van der Waals surface area contributed by atoms with Crippen molar-refractivity contribution in [3.63, 3.8) is 0 Å². The van der Waals surface area contributed by atoms with Crippen molar-refractivity contribution < 1.29 is 9.13 Å². The number of rotatable bonds is 2. The maximum atomic E-state index is 14.3. The summed E-state index contributed by atoms with van der Waals surface area (Å²) in [6.45, 7) is 1.20. The number of benzene rings is 1. The smallest absolute Gasteiger partial charge is 0.170 e. The second-order valence-corrected chi connectivity index (χ2v) is 5.80. The zero-order valence-corrected chi connectivity index (χ0v) is 13.3. The fourth-order valence-corrected chi connectivity index (χ4v) is 2.87. The van der Waals surface area contributed by atoms with Crippen molar-refractivity contribution in [2.75, 3.05) is 18.5 Å². The molecule has 0 atom stereocenters. The van der Waals surface area contributed by atoms with Crippen LogP contribution in [-0.4, -0.2) is 23.1 Å². The second-order valence-electron chi connectivity index (χ2n) is 5.37. The Labute approximate surface area is 143 Å². The second kappa shape index (κ2) is 6.09. The van der Waals surface area contributed by atoms with Crippen LogP contribution in [0.2, 0.25) is 5.02 Å². The van der Waals surface area contributed by atoms with Crippen molar-refractivity contribution in [1.82, 2.24) is 9.97 Å². The number of hydrogen-bond acceptors (Lipinski definition) is 4. The van der Waals surface area contributed by atoms with Gasteiger partial charge in [0.25, 0.3) is 0 Å². The van der Waals surface area contributed by atoms with E-state index >= 15 is 0 Å². The minimum absolute atomic E-state index is 0.355. The molecule has 0 saturated carbocycles. The number of ether oxygens (including phenoxy) is 1. The average molecular weight is 342 g/mol. The Morgan fingerprint density at radius 3 is 2.75 bits per heavy atom. The molecule has 0 amide bonds. The van der Waals surface area contributed by atoms with E-state index in [2.05, 4.69) is 15.3 Å². The average Bonchev–Trinajstić information content (AvgIpc) is 2.63. The predicted octanol–water partition coefficient (Wildman–Crippen LogP) is 4.41. The molecule has 1 aliphatic rings. The third-order valence-electron chi connectivity index (χ3n) is 3.81. The first-order chi connectivity index (χ1) is 11.7. The van der Waals surface area contributed by atoms with E-state index in [1.807, 2.05) is 18.2 Å². The molecule has 0 saturated heterocycles. The van der Waals surface area contributed by atoms with Crippen molar-refractivity contribution in [3.8, 4) is 28.1 Å². The molecule has 2 aromatic heterocycles. The highest BCUT2D eigenvalue weighted by atomic mass is 35.5. The quantitative estimate of drug-likeness (QED) is 0.750. The molecule has 0 aliphatic carbocycles. The number of fused-ring (bicyclic) bond motifs is 1. The standard InChI is InChI=1S/C18H13ClFN3O/c19-12-1-2-15(20)14(9-12)16-10-13(11-3-5-21-6-4-11)17-18(23-16)22-7-8-24-17/h1-6,9-10H,7-8H2,(H,22,23). The van der Waals surface area contributed by atoms with E-state index in [4.69, 9.17) is 16.3 Å². The van der Waals surface area contributed by atoms with Gasteiger partial charge >= 0.3 is 0 Å². The molecule has 0 bridgehead atoms. The summed E-state index contributed by atoms with van der Waals surface area (Å²) in [5.41, 5.74) is 2.62. The van der Waals surface area contributed by atoms with Crippen LogP contribution in [0.4, 0.5) is 10.2 Å². The summed E-state index contributed by atoms with van der Waals surface area (Å²) in [5, 5.41) is 3.67. The van der Waals surface area contributed by atoms with Crippen molar-refractivity contribution in [3.05, 3.63) is 59.6 Å². The lowest BCUT2D eigenvalue weighted by Crippen LogP contribution is -2.20. The summed E-state index contributed by atoms with van der Waals surface area (Å²) < 4.78 is 20.0. The van der Waals surface area contributed by atoms with Crippen LogP contribution in [0.15, 0.2) is 48.8 Å². The van der Waals surface area contributed by atoms with Crippen LogP contribution >= 0.6 is 11.6 Å². The van der Waals surface area contributed by atoms with E-state index in [1.165, 1.54) is 12.1 Å². The SMILES string of the molecule is Fc1ccc(Cl)cc1-c1cc(-c2ccncc2)c2c(n1)NCCO2. The van der Waals surface area contributed by atoms with E-state index in [0.29, 0.717) is 41.0 Å². The number of aromatic nitrogens is 2. The first kappa shape index (κ1) is 14.9. The Bertz CT molecular complexity index is 902. The number of nitrogens with one attached hydrogen (secondary N) is 1. The van der Waals surface area contributed by atoms with Gasteiger partial charge in [-0.05, 0) is 42.0 Å².